The van der Waals surface area contributed by atoms with E-state index in [1.165, 1.54) is 43.8 Å². The molecule has 0 atom stereocenters. The molecule has 10 aromatic rings. The van der Waals surface area contributed by atoms with E-state index in [1.807, 2.05) is 12.1 Å². The molecule has 0 unspecified atom stereocenters. The summed E-state index contributed by atoms with van der Waals surface area (Å²) >= 11 is 0. The smallest absolute Gasteiger partial charge is 0.136 e. The number of anilines is 3. The second-order valence-electron chi connectivity index (χ2n) is 13.3. The van der Waals surface area contributed by atoms with E-state index in [4.69, 9.17) is 4.42 Å². The Balaban J connectivity index is 1.11. The number of hydrogen-bond acceptors (Lipinski definition) is 2. The predicted octanol–water partition coefficient (Wildman–Crippen LogP) is 14.4. The molecule has 0 saturated heterocycles. The summed E-state index contributed by atoms with van der Waals surface area (Å²) in [6, 6.07) is 71.7. The molecule has 9 aromatic carbocycles. The Morgan fingerprint density at radius 3 is 1.42 bits per heavy atom. The molecule has 0 radical (unpaired) electrons. The van der Waals surface area contributed by atoms with Gasteiger partial charge in [0, 0.05) is 27.8 Å². The summed E-state index contributed by atoms with van der Waals surface area (Å²) in [7, 11) is 0. The van der Waals surface area contributed by atoms with E-state index in [0.717, 1.165) is 50.1 Å². The van der Waals surface area contributed by atoms with Gasteiger partial charge in [-0.25, -0.2) is 0 Å². The minimum Gasteiger partial charge on any atom is -0.456 e. The summed E-state index contributed by atoms with van der Waals surface area (Å²) in [6.07, 6.45) is 0. The first-order chi connectivity index (χ1) is 25.8. The van der Waals surface area contributed by atoms with Crippen LogP contribution in [-0.2, 0) is 0 Å². The zero-order valence-electron chi connectivity index (χ0n) is 28.4. The van der Waals surface area contributed by atoms with Crippen LogP contribution in [0.4, 0.5) is 17.1 Å². The summed E-state index contributed by atoms with van der Waals surface area (Å²) in [6.45, 7) is 0. The number of fused-ring (bicyclic) bond motifs is 5. The van der Waals surface area contributed by atoms with Gasteiger partial charge < -0.3 is 9.32 Å². The zero-order chi connectivity index (χ0) is 34.4. The Bertz CT molecular complexity index is 2770. The lowest BCUT2D eigenvalue weighted by Gasteiger charge is -2.26. The van der Waals surface area contributed by atoms with Gasteiger partial charge in [0.05, 0.1) is 0 Å². The van der Waals surface area contributed by atoms with Crippen molar-refractivity contribution in [2.24, 2.45) is 0 Å². The van der Waals surface area contributed by atoms with Gasteiger partial charge >= 0.3 is 0 Å². The number of benzene rings is 9. The van der Waals surface area contributed by atoms with Crippen LogP contribution in [-0.4, -0.2) is 0 Å². The monoisotopic (exact) mass is 663 g/mol. The molecule has 52 heavy (non-hydrogen) atoms. The molecule has 0 saturated carbocycles. The minimum absolute atomic E-state index is 0.897. The fourth-order valence-corrected chi connectivity index (χ4v) is 7.81. The fourth-order valence-electron chi connectivity index (χ4n) is 7.81. The lowest BCUT2D eigenvalue weighted by atomic mass is 9.97. The van der Waals surface area contributed by atoms with Gasteiger partial charge in [-0.15, -0.1) is 0 Å². The average molecular weight is 664 g/mol. The lowest BCUT2D eigenvalue weighted by molar-refractivity contribution is 0.669. The molecule has 0 aliphatic heterocycles. The normalized spacial score (nSPS) is 11.5. The SMILES string of the molecule is c1cc(-c2cccc3oc4ccccc4c23)cc(N(c2ccc(-c3cccc4ccccc34)cc2)c2ccc(-c3cccc4ccccc34)cc2)c1. The maximum absolute atomic E-state index is 6.27. The Hall–Kier alpha value is -6.90. The quantitative estimate of drug-likeness (QED) is 0.176. The average Bonchev–Trinajstić information content (AvgIpc) is 3.60. The number of furan rings is 1. The molecule has 0 amide bonds. The minimum atomic E-state index is 0.897. The standard InChI is InChI=1S/C50H33NO/c1-3-17-42-34(11-1)13-8-20-44(42)36-25-29-39(30-26-36)51(40-31-27-37(28-32-40)45-21-9-14-35-12-2-4-18-43(35)45)41-16-7-15-38(33-41)46-22-10-24-49-50(46)47-19-5-6-23-48(47)52-49/h1-33H. The zero-order valence-corrected chi connectivity index (χ0v) is 28.4. The molecular formula is C50H33NO. The van der Waals surface area contributed by atoms with Crippen LogP contribution in [0, 0.1) is 0 Å². The number of hydrogen-bond donors (Lipinski definition) is 0. The van der Waals surface area contributed by atoms with Crippen molar-refractivity contribution in [3.05, 3.63) is 200 Å². The van der Waals surface area contributed by atoms with Crippen LogP contribution in [0.2, 0.25) is 0 Å². The van der Waals surface area contributed by atoms with E-state index in [0.29, 0.717) is 0 Å². The summed E-state index contributed by atoms with van der Waals surface area (Å²) < 4.78 is 6.27. The highest BCUT2D eigenvalue weighted by Crippen LogP contribution is 2.42. The van der Waals surface area contributed by atoms with Crippen molar-refractivity contribution in [1.82, 2.24) is 0 Å². The van der Waals surface area contributed by atoms with Gasteiger partial charge in [0.1, 0.15) is 11.2 Å². The van der Waals surface area contributed by atoms with Crippen LogP contribution in [0.15, 0.2) is 205 Å². The van der Waals surface area contributed by atoms with Crippen molar-refractivity contribution in [1.29, 1.82) is 0 Å². The maximum atomic E-state index is 6.27. The molecule has 0 fully saturated rings. The Morgan fingerprint density at radius 1 is 0.308 bits per heavy atom. The van der Waals surface area contributed by atoms with Crippen LogP contribution in [0.1, 0.15) is 0 Å². The first kappa shape index (κ1) is 30.0. The van der Waals surface area contributed by atoms with Gasteiger partial charge in [-0.3, -0.25) is 0 Å². The number of nitrogens with zero attached hydrogens (tertiary/aromatic N) is 1. The van der Waals surface area contributed by atoms with Crippen LogP contribution in [0.3, 0.4) is 0 Å². The van der Waals surface area contributed by atoms with Crippen LogP contribution >= 0.6 is 0 Å². The number of para-hydroxylation sites is 1. The fraction of sp³-hybridized carbons (Fsp3) is 0. The molecule has 0 spiro atoms. The summed E-state index contributed by atoms with van der Waals surface area (Å²) in [5, 5.41) is 7.27. The van der Waals surface area contributed by atoms with E-state index >= 15 is 0 Å². The van der Waals surface area contributed by atoms with Gasteiger partial charge in [0.2, 0.25) is 0 Å². The van der Waals surface area contributed by atoms with Crippen molar-refractivity contribution in [2.45, 2.75) is 0 Å². The highest BCUT2D eigenvalue weighted by atomic mass is 16.3. The first-order valence-electron chi connectivity index (χ1n) is 17.8. The van der Waals surface area contributed by atoms with Gasteiger partial charge in [0.15, 0.2) is 0 Å². The predicted molar refractivity (Wildman–Crippen MR) is 220 cm³/mol. The molecule has 1 aromatic heterocycles. The van der Waals surface area contributed by atoms with Gasteiger partial charge in [0.25, 0.3) is 0 Å². The molecule has 2 heteroatoms. The third-order valence-corrected chi connectivity index (χ3v) is 10.3. The molecule has 244 valence electrons. The van der Waals surface area contributed by atoms with E-state index < -0.39 is 0 Å². The van der Waals surface area contributed by atoms with Crippen molar-refractivity contribution in [3.8, 4) is 33.4 Å². The lowest BCUT2D eigenvalue weighted by Crippen LogP contribution is -2.10. The van der Waals surface area contributed by atoms with Gasteiger partial charge in [-0.1, -0.05) is 152 Å². The molecular weight excluding hydrogens is 631 g/mol. The highest BCUT2D eigenvalue weighted by molar-refractivity contribution is 6.12. The molecule has 0 aliphatic carbocycles. The van der Waals surface area contributed by atoms with Crippen molar-refractivity contribution in [3.63, 3.8) is 0 Å². The van der Waals surface area contributed by atoms with Crippen molar-refractivity contribution < 1.29 is 4.42 Å². The number of rotatable bonds is 6. The van der Waals surface area contributed by atoms with Crippen molar-refractivity contribution >= 4 is 60.5 Å². The summed E-state index contributed by atoms with van der Waals surface area (Å²) in [4.78, 5) is 2.36. The Labute approximate surface area is 302 Å². The topological polar surface area (TPSA) is 16.4 Å². The maximum Gasteiger partial charge on any atom is 0.136 e. The summed E-state index contributed by atoms with van der Waals surface area (Å²) in [5.41, 5.74) is 12.2. The second-order valence-corrected chi connectivity index (χ2v) is 13.3. The summed E-state index contributed by atoms with van der Waals surface area (Å²) in [5.74, 6) is 0. The molecule has 0 aliphatic rings. The molecule has 0 N–H and O–H groups in total. The largest absolute Gasteiger partial charge is 0.456 e. The van der Waals surface area contributed by atoms with Crippen LogP contribution in [0.25, 0.3) is 76.9 Å². The third kappa shape index (κ3) is 5.12. The van der Waals surface area contributed by atoms with E-state index in [9.17, 15) is 0 Å². The molecule has 0 bridgehead atoms. The van der Waals surface area contributed by atoms with E-state index in [1.54, 1.807) is 0 Å². The van der Waals surface area contributed by atoms with Crippen molar-refractivity contribution in [2.75, 3.05) is 4.90 Å². The molecule has 10 rings (SSSR count). The van der Waals surface area contributed by atoms with E-state index in [-0.39, 0.29) is 0 Å². The Kier molecular flexibility index (Phi) is 7.18. The highest BCUT2D eigenvalue weighted by Gasteiger charge is 2.17. The second kappa shape index (κ2) is 12.5. The van der Waals surface area contributed by atoms with Gasteiger partial charge in [-0.2, -0.15) is 0 Å². The van der Waals surface area contributed by atoms with Gasteiger partial charge in [-0.05, 0) is 103 Å². The molecule has 1 heterocycles. The first-order valence-corrected chi connectivity index (χ1v) is 17.8. The third-order valence-electron chi connectivity index (χ3n) is 10.3. The molecule has 2 nitrogen and oxygen atoms in total. The van der Waals surface area contributed by atoms with Crippen LogP contribution < -0.4 is 4.90 Å². The Morgan fingerprint density at radius 2 is 0.788 bits per heavy atom. The van der Waals surface area contributed by atoms with Crippen LogP contribution in [0.5, 0.6) is 0 Å². The van der Waals surface area contributed by atoms with E-state index in [2.05, 4.69) is 193 Å².